The molecule has 28 heavy (non-hydrogen) atoms. The van der Waals surface area contributed by atoms with E-state index in [0.29, 0.717) is 18.9 Å². The first-order chi connectivity index (χ1) is 13.7. The predicted octanol–water partition coefficient (Wildman–Crippen LogP) is 2.11. The lowest BCUT2D eigenvalue weighted by Gasteiger charge is -2.34. The van der Waals surface area contributed by atoms with E-state index in [1.807, 2.05) is 29.2 Å². The molecule has 0 bridgehead atoms. The molecule has 0 atom stereocenters. The first-order valence-electron chi connectivity index (χ1n) is 10.7. The number of amides is 2. The first-order valence-corrected chi connectivity index (χ1v) is 10.7. The number of rotatable bonds is 7. The predicted molar refractivity (Wildman–Crippen MR) is 112 cm³/mol. The molecule has 154 valence electrons. The van der Waals surface area contributed by atoms with Gasteiger partial charge in [0.1, 0.15) is 0 Å². The number of nitrogens with zero attached hydrogens (tertiary/aromatic N) is 2. The summed E-state index contributed by atoms with van der Waals surface area (Å²) in [6, 6.07) is 7.94. The largest absolute Gasteiger partial charge is 0.340 e. The monoisotopic (exact) mass is 386 g/mol. The van der Waals surface area contributed by atoms with Gasteiger partial charge < -0.3 is 15.5 Å². The second-order valence-electron chi connectivity index (χ2n) is 7.95. The van der Waals surface area contributed by atoms with Crippen LogP contribution in [0.5, 0.6) is 0 Å². The third-order valence-electron chi connectivity index (χ3n) is 5.99. The number of aryl methyl sites for hydroxylation is 1. The maximum atomic E-state index is 12.5. The van der Waals surface area contributed by atoms with Crippen molar-refractivity contribution in [1.29, 1.82) is 0 Å². The van der Waals surface area contributed by atoms with Crippen molar-refractivity contribution in [2.45, 2.75) is 39.0 Å². The number of hydrogen-bond donors (Lipinski definition) is 2. The molecule has 0 aromatic heterocycles. The minimum absolute atomic E-state index is 0.0200. The van der Waals surface area contributed by atoms with Crippen LogP contribution in [0.25, 0.3) is 0 Å². The molecule has 0 spiro atoms. The van der Waals surface area contributed by atoms with Gasteiger partial charge in [0.2, 0.25) is 11.8 Å². The van der Waals surface area contributed by atoms with Crippen LogP contribution < -0.4 is 10.6 Å². The molecule has 6 nitrogen and oxygen atoms in total. The molecule has 0 aliphatic carbocycles. The van der Waals surface area contributed by atoms with Gasteiger partial charge in [0.15, 0.2) is 0 Å². The highest BCUT2D eigenvalue weighted by Crippen LogP contribution is 2.19. The fourth-order valence-electron chi connectivity index (χ4n) is 4.15. The Morgan fingerprint density at radius 3 is 2.54 bits per heavy atom. The van der Waals surface area contributed by atoms with Gasteiger partial charge in [-0.15, -0.1) is 0 Å². The Kier molecular flexibility index (Phi) is 7.86. The molecule has 0 radical (unpaired) electrons. The van der Waals surface area contributed by atoms with Gasteiger partial charge in [-0.2, -0.15) is 0 Å². The Hall–Kier alpha value is -1.92. The number of benzene rings is 1. The normalized spacial score (nSPS) is 18.8. The van der Waals surface area contributed by atoms with Crippen molar-refractivity contribution in [2.24, 2.45) is 5.92 Å². The lowest BCUT2D eigenvalue weighted by molar-refractivity contribution is -0.133. The lowest BCUT2D eigenvalue weighted by atomic mass is 9.93. The summed E-state index contributed by atoms with van der Waals surface area (Å²) in [6.45, 7) is 7.63. The van der Waals surface area contributed by atoms with E-state index in [0.717, 1.165) is 63.4 Å². The number of piperidine rings is 1. The third kappa shape index (κ3) is 6.04. The van der Waals surface area contributed by atoms with Crippen molar-refractivity contribution in [3.05, 3.63) is 29.8 Å². The molecule has 2 N–H and O–H groups in total. The van der Waals surface area contributed by atoms with Crippen LogP contribution in [0.4, 0.5) is 5.69 Å². The summed E-state index contributed by atoms with van der Waals surface area (Å²) in [7, 11) is 0. The topological polar surface area (TPSA) is 64.7 Å². The van der Waals surface area contributed by atoms with E-state index in [1.165, 1.54) is 12.8 Å². The minimum Gasteiger partial charge on any atom is -0.340 e. The van der Waals surface area contributed by atoms with E-state index in [-0.39, 0.29) is 11.8 Å². The van der Waals surface area contributed by atoms with Gasteiger partial charge in [-0.1, -0.05) is 25.1 Å². The van der Waals surface area contributed by atoms with Crippen molar-refractivity contribution in [2.75, 3.05) is 51.1 Å². The zero-order chi connectivity index (χ0) is 19.8. The van der Waals surface area contributed by atoms with Crippen molar-refractivity contribution < 1.29 is 9.59 Å². The van der Waals surface area contributed by atoms with Crippen LogP contribution in [0, 0.1) is 5.92 Å². The van der Waals surface area contributed by atoms with E-state index in [9.17, 15) is 9.59 Å². The summed E-state index contributed by atoms with van der Waals surface area (Å²) in [4.78, 5) is 29.0. The smallest absolute Gasteiger partial charge is 0.238 e. The van der Waals surface area contributed by atoms with E-state index >= 15 is 0 Å². The Bertz CT molecular complexity index is 650. The molecule has 2 aliphatic rings. The van der Waals surface area contributed by atoms with E-state index in [2.05, 4.69) is 22.5 Å². The van der Waals surface area contributed by atoms with Crippen molar-refractivity contribution in [3.8, 4) is 0 Å². The third-order valence-corrected chi connectivity index (χ3v) is 5.99. The number of anilines is 1. The van der Waals surface area contributed by atoms with Crippen molar-refractivity contribution >= 4 is 17.5 Å². The van der Waals surface area contributed by atoms with Gasteiger partial charge in [-0.25, -0.2) is 0 Å². The highest BCUT2D eigenvalue weighted by molar-refractivity contribution is 5.93. The summed E-state index contributed by atoms with van der Waals surface area (Å²) < 4.78 is 0. The molecule has 6 heteroatoms. The summed E-state index contributed by atoms with van der Waals surface area (Å²) in [5.74, 6) is 0.993. The standard InChI is InChI=1S/C22H34N4O2/c1-2-19-5-3-4-6-20(19)24-21(27)17-25-13-15-26(16-14-25)22(28)8-7-18-9-11-23-12-10-18/h3-6,18,23H,2,7-17H2,1H3,(H,24,27). The zero-order valence-electron chi connectivity index (χ0n) is 17.1. The second kappa shape index (κ2) is 10.6. The average molecular weight is 387 g/mol. The molecule has 1 aromatic carbocycles. The van der Waals surface area contributed by atoms with Gasteiger partial charge >= 0.3 is 0 Å². The second-order valence-corrected chi connectivity index (χ2v) is 7.95. The number of hydrogen-bond acceptors (Lipinski definition) is 4. The summed E-state index contributed by atoms with van der Waals surface area (Å²) >= 11 is 0. The summed E-state index contributed by atoms with van der Waals surface area (Å²) in [5.41, 5.74) is 2.06. The SMILES string of the molecule is CCc1ccccc1NC(=O)CN1CCN(C(=O)CCC2CCNCC2)CC1. The summed E-state index contributed by atoms with van der Waals surface area (Å²) in [6.07, 6.45) is 4.96. The number of para-hydroxylation sites is 1. The minimum atomic E-state index is 0.0200. The summed E-state index contributed by atoms with van der Waals surface area (Å²) in [5, 5.41) is 6.41. The first kappa shape index (κ1) is 20.8. The number of nitrogens with one attached hydrogen (secondary N) is 2. The van der Waals surface area contributed by atoms with E-state index in [4.69, 9.17) is 0 Å². The Labute approximate surface area is 168 Å². The number of carbonyl (C=O) groups is 2. The fourth-order valence-corrected chi connectivity index (χ4v) is 4.15. The van der Waals surface area contributed by atoms with Crippen LogP contribution in [0.1, 0.15) is 38.2 Å². The van der Waals surface area contributed by atoms with Gasteiger partial charge in [-0.3, -0.25) is 14.5 Å². The van der Waals surface area contributed by atoms with Crippen LogP contribution in [0.15, 0.2) is 24.3 Å². The molecule has 2 fully saturated rings. The van der Waals surface area contributed by atoms with Crippen LogP contribution in [0.3, 0.4) is 0 Å². The highest BCUT2D eigenvalue weighted by Gasteiger charge is 2.23. The molecule has 0 saturated carbocycles. The molecular formula is C22H34N4O2. The molecule has 3 rings (SSSR count). The Morgan fingerprint density at radius 2 is 1.82 bits per heavy atom. The Morgan fingerprint density at radius 1 is 1.11 bits per heavy atom. The van der Waals surface area contributed by atoms with Crippen LogP contribution in [-0.4, -0.2) is 67.4 Å². The molecular weight excluding hydrogens is 352 g/mol. The quantitative estimate of drug-likeness (QED) is 0.753. The molecule has 2 amide bonds. The van der Waals surface area contributed by atoms with Crippen LogP contribution >= 0.6 is 0 Å². The van der Waals surface area contributed by atoms with Gasteiger partial charge in [-0.05, 0) is 56.3 Å². The van der Waals surface area contributed by atoms with Gasteiger partial charge in [0.25, 0.3) is 0 Å². The lowest BCUT2D eigenvalue weighted by Crippen LogP contribution is -2.50. The number of carbonyl (C=O) groups excluding carboxylic acids is 2. The van der Waals surface area contributed by atoms with E-state index in [1.54, 1.807) is 0 Å². The van der Waals surface area contributed by atoms with Gasteiger partial charge in [0.05, 0.1) is 6.54 Å². The van der Waals surface area contributed by atoms with Crippen LogP contribution in [-0.2, 0) is 16.0 Å². The zero-order valence-corrected chi connectivity index (χ0v) is 17.1. The average Bonchev–Trinajstić information content (AvgIpc) is 2.73. The molecule has 2 heterocycles. The maximum absolute atomic E-state index is 12.5. The fraction of sp³-hybridized carbons (Fsp3) is 0.636. The maximum Gasteiger partial charge on any atom is 0.238 e. The molecule has 0 unspecified atom stereocenters. The molecule has 2 saturated heterocycles. The molecule has 2 aliphatic heterocycles. The van der Waals surface area contributed by atoms with E-state index < -0.39 is 0 Å². The van der Waals surface area contributed by atoms with Crippen LogP contribution in [0.2, 0.25) is 0 Å². The number of piperazine rings is 1. The van der Waals surface area contributed by atoms with Gasteiger partial charge in [0, 0.05) is 38.3 Å². The van der Waals surface area contributed by atoms with Crippen molar-refractivity contribution in [3.63, 3.8) is 0 Å². The molecule has 1 aromatic rings. The highest BCUT2D eigenvalue weighted by atomic mass is 16.2. The Balaban J connectivity index is 1.37. The van der Waals surface area contributed by atoms with Crippen molar-refractivity contribution in [1.82, 2.24) is 15.1 Å².